The Morgan fingerprint density at radius 1 is 1.29 bits per heavy atom. The van der Waals surface area contributed by atoms with Crippen molar-refractivity contribution in [1.82, 2.24) is 10.1 Å². The highest BCUT2D eigenvalue weighted by Crippen LogP contribution is 2.48. The third-order valence-corrected chi connectivity index (χ3v) is 4.73. The molecule has 2 aliphatic rings. The third-order valence-electron chi connectivity index (χ3n) is 4.73. The summed E-state index contributed by atoms with van der Waals surface area (Å²) in [5.74, 6) is 1.36. The first-order valence-electron chi connectivity index (χ1n) is 7.46. The van der Waals surface area contributed by atoms with Crippen molar-refractivity contribution < 1.29 is 13.7 Å². The fourth-order valence-corrected chi connectivity index (χ4v) is 3.28. The Morgan fingerprint density at radius 2 is 2.19 bits per heavy atom. The molecule has 0 unspecified atom stereocenters. The molecular weight excluding hydrogens is 271 g/mol. The van der Waals surface area contributed by atoms with Crippen LogP contribution in [0.2, 0.25) is 0 Å². The van der Waals surface area contributed by atoms with Gasteiger partial charge in [-0.25, -0.2) is 4.39 Å². The van der Waals surface area contributed by atoms with Crippen LogP contribution in [0.5, 0.6) is 0 Å². The van der Waals surface area contributed by atoms with Crippen LogP contribution in [0.25, 0.3) is 0 Å². The van der Waals surface area contributed by atoms with Crippen molar-refractivity contribution in [1.29, 1.82) is 0 Å². The largest absolute Gasteiger partial charge is 0.381 e. The van der Waals surface area contributed by atoms with Gasteiger partial charge in [0, 0.05) is 12.5 Å². The Bertz CT molecular complexity index is 645. The van der Waals surface area contributed by atoms with Gasteiger partial charge in [0.25, 0.3) is 0 Å². The second-order valence-electron chi connectivity index (χ2n) is 5.96. The molecule has 0 amide bonds. The summed E-state index contributed by atoms with van der Waals surface area (Å²) < 4.78 is 24.5. The number of rotatable bonds is 3. The lowest BCUT2D eigenvalue weighted by Crippen LogP contribution is -2.36. The highest BCUT2D eigenvalue weighted by molar-refractivity contribution is 5.35. The van der Waals surface area contributed by atoms with E-state index in [0.717, 1.165) is 43.7 Å². The maximum Gasteiger partial charge on any atom is 0.237 e. The SMILES string of the molecule is Fc1cccc(C2(c3nc([C@H]4CCOC4)no3)CCC2)c1. The van der Waals surface area contributed by atoms with Gasteiger partial charge in [0.1, 0.15) is 5.82 Å². The van der Waals surface area contributed by atoms with Crippen molar-refractivity contribution in [3.8, 4) is 0 Å². The fourth-order valence-electron chi connectivity index (χ4n) is 3.28. The predicted octanol–water partition coefficient (Wildman–Crippen LogP) is 3.18. The van der Waals surface area contributed by atoms with Crippen molar-refractivity contribution in [3.63, 3.8) is 0 Å². The molecule has 21 heavy (non-hydrogen) atoms. The average Bonchev–Trinajstić information content (AvgIpc) is 3.08. The van der Waals surface area contributed by atoms with Gasteiger partial charge in [-0.1, -0.05) is 23.7 Å². The number of nitrogens with zero attached hydrogens (tertiary/aromatic N) is 2. The third kappa shape index (κ3) is 2.07. The van der Waals surface area contributed by atoms with Gasteiger partial charge in [0.2, 0.25) is 5.89 Å². The van der Waals surface area contributed by atoms with E-state index in [1.165, 1.54) is 6.07 Å². The zero-order valence-corrected chi connectivity index (χ0v) is 11.7. The van der Waals surface area contributed by atoms with Crippen LogP contribution >= 0.6 is 0 Å². The summed E-state index contributed by atoms with van der Waals surface area (Å²) in [6.07, 6.45) is 3.89. The van der Waals surface area contributed by atoms with E-state index in [1.807, 2.05) is 6.07 Å². The maximum atomic E-state index is 13.5. The number of hydrogen-bond donors (Lipinski definition) is 0. The van der Waals surface area contributed by atoms with Gasteiger partial charge in [-0.05, 0) is 37.0 Å². The van der Waals surface area contributed by atoms with Gasteiger partial charge < -0.3 is 9.26 Å². The number of aromatic nitrogens is 2. The molecule has 1 saturated carbocycles. The Labute approximate surface area is 122 Å². The van der Waals surface area contributed by atoms with Crippen molar-refractivity contribution in [2.45, 2.75) is 37.0 Å². The minimum atomic E-state index is -0.299. The van der Waals surface area contributed by atoms with Gasteiger partial charge in [-0.2, -0.15) is 4.98 Å². The van der Waals surface area contributed by atoms with E-state index in [4.69, 9.17) is 9.26 Å². The second-order valence-corrected chi connectivity index (χ2v) is 5.96. The van der Waals surface area contributed by atoms with E-state index in [2.05, 4.69) is 10.1 Å². The van der Waals surface area contributed by atoms with E-state index in [9.17, 15) is 4.39 Å². The zero-order valence-electron chi connectivity index (χ0n) is 11.7. The number of ether oxygens (including phenoxy) is 1. The highest BCUT2D eigenvalue weighted by atomic mass is 19.1. The van der Waals surface area contributed by atoms with Crippen LogP contribution in [0.4, 0.5) is 4.39 Å². The normalized spacial score (nSPS) is 24.0. The molecule has 1 aromatic carbocycles. The second kappa shape index (κ2) is 4.91. The van der Waals surface area contributed by atoms with Crippen LogP contribution in [0.1, 0.15) is 48.9 Å². The molecule has 2 heterocycles. The van der Waals surface area contributed by atoms with E-state index in [-0.39, 0.29) is 17.2 Å². The maximum absolute atomic E-state index is 13.5. The molecule has 110 valence electrons. The molecule has 0 radical (unpaired) electrons. The van der Waals surface area contributed by atoms with E-state index in [0.29, 0.717) is 12.5 Å². The van der Waals surface area contributed by atoms with Crippen LogP contribution in [0.3, 0.4) is 0 Å². The topological polar surface area (TPSA) is 48.2 Å². The lowest BCUT2D eigenvalue weighted by atomic mass is 9.64. The van der Waals surface area contributed by atoms with E-state index < -0.39 is 0 Å². The Balaban J connectivity index is 1.69. The zero-order chi connectivity index (χ0) is 14.3. The molecule has 4 rings (SSSR count). The van der Waals surface area contributed by atoms with Crippen LogP contribution in [0, 0.1) is 5.82 Å². The van der Waals surface area contributed by atoms with Crippen molar-refractivity contribution in [3.05, 3.63) is 47.4 Å². The van der Waals surface area contributed by atoms with E-state index >= 15 is 0 Å². The fraction of sp³-hybridized carbons (Fsp3) is 0.500. The van der Waals surface area contributed by atoms with Crippen molar-refractivity contribution in [2.75, 3.05) is 13.2 Å². The van der Waals surface area contributed by atoms with Gasteiger partial charge in [-0.3, -0.25) is 0 Å². The first kappa shape index (κ1) is 13.0. The van der Waals surface area contributed by atoms with Gasteiger partial charge in [-0.15, -0.1) is 0 Å². The Hall–Kier alpha value is -1.75. The lowest BCUT2D eigenvalue weighted by Gasteiger charge is -2.38. The monoisotopic (exact) mass is 288 g/mol. The lowest BCUT2D eigenvalue weighted by molar-refractivity contribution is 0.192. The number of halogens is 1. The Kier molecular flexibility index (Phi) is 3.03. The van der Waals surface area contributed by atoms with Crippen LogP contribution in [0.15, 0.2) is 28.8 Å². The van der Waals surface area contributed by atoms with Gasteiger partial charge in [0.15, 0.2) is 5.82 Å². The van der Waals surface area contributed by atoms with Crippen molar-refractivity contribution in [2.24, 2.45) is 0 Å². The molecule has 1 aliphatic heterocycles. The van der Waals surface area contributed by atoms with Gasteiger partial charge >= 0.3 is 0 Å². The summed E-state index contributed by atoms with van der Waals surface area (Å²) in [5.41, 5.74) is 0.638. The summed E-state index contributed by atoms with van der Waals surface area (Å²) in [6.45, 7) is 1.41. The summed E-state index contributed by atoms with van der Waals surface area (Å²) >= 11 is 0. The van der Waals surface area contributed by atoms with E-state index in [1.54, 1.807) is 12.1 Å². The minimum Gasteiger partial charge on any atom is -0.381 e. The Morgan fingerprint density at radius 3 is 2.86 bits per heavy atom. The molecular formula is C16H17FN2O2. The summed E-state index contributed by atoms with van der Waals surface area (Å²) in [6, 6.07) is 6.74. The van der Waals surface area contributed by atoms with Crippen molar-refractivity contribution >= 4 is 0 Å². The average molecular weight is 288 g/mol. The first-order valence-corrected chi connectivity index (χ1v) is 7.46. The molecule has 1 aliphatic carbocycles. The molecule has 5 heteroatoms. The highest BCUT2D eigenvalue weighted by Gasteiger charge is 2.45. The molecule has 4 nitrogen and oxygen atoms in total. The van der Waals surface area contributed by atoms with Crippen LogP contribution in [-0.4, -0.2) is 23.4 Å². The first-order chi connectivity index (χ1) is 10.3. The molecule has 2 aromatic rings. The quantitative estimate of drug-likeness (QED) is 0.870. The standard InChI is InChI=1S/C16H17FN2O2/c17-13-4-1-3-12(9-13)16(6-2-7-16)15-18-14(19-21-15)11-5-8-20-10-11/h1,3-4,9,11H,2,5-8,10H2/t11-/m0/s1. The summed E-state index contributed by atoms with van der Waals surface area (Å²) in [7, 11) is 0. The summed E-state index contributed by atoms with van der Waals surface area (Å²) in [4.78, 5) is 4.61. The number of benzene rings is 1. The predicted molar refractivity (Wildman–Crippen MR) is 73.5 cm³/mol. The molecule has 0 bridgehead atoms. The minimum absolute atomic E-state index is 0.220. The molecule has 1 saturated heterocycles. The molecule has 2 fully saturated rings. The summed E-state index contributed by atoms with van der Waals surface area (Å²) in [5, 5.41) is 4.13. The number of hydrogen-bond acceptors (Lipinski definition) is 4. The van der Waals surface area contributed by atoms with Gasteiger partial charge in [0.05, 0.1) is 12.0 Å². The van der Waals surface area contributed by atoms with Crippen LogP contribution < -0.4 is 0 Å². The molecule has 0 spiro atoms. The molecule has 1 aromatic heterocycles. The molecule has 0 N–H and O–H groups in total. The van der Waals surface area contributed by atoms with Crippen LogP contribution in [-0.2, 0) is 10.2 Å². The smallest absolute Gasteiger partial charge is 0.237 e. The molecule has 1 atom stereocenters.